The summed E-state index contributed by atoms with van der Waals surface area (Å²) >= 11 is 7.51. The Bertz CT molecular complexity index is 1450. The molecule has 29 heavy (non-hydrogen) atoms. The first-order valence-electron chi connectivity index (χ1n) is 9.02. The van der Waals surface area contributed by atoms with E-state index in [4.69, 9.17) is 11.6 Å². The normalized spacial score (nSPS) is 13.7. The van der Waals surface area contributed by atoms with Gasteiger partial charge in [0.2, 0.25) is 0 Å². The number of aryl methyl sites for hydroxylation is 2. The summed E-state index contributed by atoms with van der Waals surface area (Å²) in [6.07, 6.45) is 4.70. The number of allylic oxidation sites excluding steroid dienone is 1. The van der Waals surface area contributed by atoms with Crippen LogP contribution in [0.4, 0.5) is 0 Å². The minimum atomic E-state index is -0.370. The molecule has 0 saturated heterocycles. The van der Waals surface area contributed by atoms with Crippen LogP contribution < -0.4 is 11.2 Å². The van der Waals surface area contributed by atoms with Gasteiger partial charge in [0.1, 0.15) is 15.9 Å². The summed E-state index contributed by atoms with van der Waals surface area (Å²) in [5.74, 6) is 0. The van der Waals surface area contributed by atoms with E-state index in [9.17, 15) is 9.59 Å². The Morgan fingerprint density at radius 1 is 1.14 bits per heavy atom. The van der Waals surface area contributed by atoms with E-state index in [0.717, 1.165) is 33.0 Å². The van der Waals surface area contributed by atoms with Crippen molar-refractivity contribution in [3.8, 4) is 11.4 Å². The Morgan fingerprint density at radius 2 is 1.93 bits per heavy atom. The fourth-order valence-corrected chi connectivity index (χ4v) is 5.00. The third-order valence-corrected chi connectivity index (χ3v) is 6.48. The molecule has 0 fully saturated rings. The topological polar surface area (TPSA) is 79.6 Å². The Labute approximate surface area is 173 Å². The summed E-state index contributed by atoms with van der Waals surface area (Å²) in [6.45, 7) is 0.676. The highest BCUT2D eigenvalue weighted by atomic mass is 35.5. The molecule has 148 valence electrons. The van der Waals surface area contributed by atoms with Gasteiger partial charge in [-0.1, -0.05) is 17.7 Å². The van der Waals surface area contributed by atoms with Crippen LogP contribution in [0.5, 0.6) is 0 Å². The third kappa shape index (κ3) is 2.50. The van der Waals surface area contributed by atoms with E-state index in [1.54, 1.807) is 17.1 Å². The fourth-order valence-electron chi connectivity index (χ4n) is 4.01. The summed E-state index contributed by atoms with van der Waals surface area (Å²) < 4.78 is 6.46. The van der Waals surface area contributed by atoms with Crippen molar-refractivity contribution in [1.29, 1.82) is 0 Å². The molecular weight excluding hydrogens is 412 g/mol. The summed E-state index contributed by atoms with van der Waals surface area (Å²) in [6, 6.07) is 1.88. The molecule has 0 unspecified atom stereocenters. The first-order valence-corrected chi connectivity index (χ1v) is 10.3. The molecule has 0 spiro atoms. The number of halogens is 1. The smallest absolute Gasteiger partial charge is 0.331 e. The van der Waals surface area contributed by atoms with E-state index in [2.05, 4.69) is 20.7 Å². The Balaban J connectivity index is 1.99. The minimum absolute atomic E-state index is 0.331. The molecule has 0 radical (unpaired) electrons. The minimum Gasteiger partial charge on any atom is -0.336 e. The summed E-state index contributed by atoms with van der Waals surface area (Å²) in [5.41, 5.74) is 2.99. The van der Waals surface area contributed by atoms with Crippen LogP contribution in [-0.4, -0.2) is 28.5 Å². The average Bonchev–Trinajstić information content (AvgIpc) is 3.41. The maximum Gasteiger partial charge on any atom is 0.331 e. The molecule has 4 aromatic rings. The number of fused-ring (bicyclic) bond motifs is 3. The maximum absolute atomic E-state index is 13.2. The second-order valence-electron chi connectivity index (χ2n) is 7.03. The van der Waals surface area contributed by atoms with Crippen LogP contribution in [0.1, 0.15) is 17.1 Å². The lowest BCUT2D eigenvalue weighted by molar-refractivity contribution is 0.691. The van der Waals surface area contributed by atoms with Crippen molar-refractivity contribution >= 4 is 39.4 Å². The Hall–Kier alpha value is -2.91. The molecule has 0 aromatic carbocycles. The average molecular weight is 429 g/mol. The van der Waals surface area contributed by atoms with Gasteiger partial charge in [-0.15, -0.1) is 11.3 Å². The molecule has 8 nitrogen and oxygen atoms in total. The highest BCUT2D eigenvalue weighted by Gasteiger charge is 2.30. The lowest BCUT2D eigenvalue weighted by Gasteiger charge is -2.18. The van der Waals surface area contributed by atoms with E-state index < -0.39 is 0 Å². The van der Waals surface area contributed by atoms with Crippen molar-refractivity contribution in [3.63, 3.8) is 0 Å². The lowest BCUT2D eigenvalue weighted by Crippen LogP contribution is -2.36. The molecule has 0 aliphatic carbocycles. The molecular formula is C19H17ClN6O2S. The predicted molar refractivity (Wildman–Crippen MR) is 113 cm³/mol. The van der Waals surface area contributed by atoms with Crippen molar-refractivity contribution in [3.05, 3.63) is 60.4 Å². The van der Waals surface area contributed by atoms with Crippen molar-refractivity contribution in [2.45, 2.75) is 13.0 Å². The van der Waals surface area contributed by atoms with Crippen LogP contribution in [0.2, 0.25) is 5.15 Å². The lowest BCUT2D eigenvalue weighted by atomic mass is 10.1. The SMILES string of the molecule is Cn1ccc(-c2c3c(=O)n(C)c(=O)n(C)c3c3n2CCC=C3c2nc(Cl)cs2)n1. The first kappa shape index (κ1) is 18.1. The van der Waals surface area contributed by atoms with Crippen LogP contribution >= 0.6 is 22.9 Å². The van der Waals surface area contributed by atoms with Crippen LogP contribution in [0.15, 0.2) is 33.3 Å². The Morgan fingerprint density at radius 3 is 2.59 bits per heavy atom. The summed E-state index contributed by atoms with van der Waals surface area (Å²) in [4.78, 5) is 30.4. The van der Waals surface area contributed by atoms with E-state index in [1.807, 2.05) is 19.3 Å². The molecule has 0 bridgehead atoms. The van der Waals surface area contributed by atoms with Crippen molar-refractivity contribution in [1.82, 2.24) is 28.5 Å². The van der Waals surface area contributed by atoms with Gasteiger partial charge in [0.25, 0.3) is 5.56 Å². The molecule has 0 saturated carbocycles. The fraction of sp³-hybridized carbons (Fsp3) is 0.263. The number of hydrogen-bond acceptors (Lipinski definition) is 5. The molecule has 0 N–H and O–H groups in total. The zero-order chi connectivity index (χ0) is 20.4. The largest absolute Gasteiger partial charge is 0.336 e. The quantitative estimate of drug-likeness (QED) is 0.491. The van der Waals surface area contributed by atoms with Crippen LogP contribution in [0, 0.1) is 0 Å². The van der Waals surface area contributed by atoms with Gasteiger partial charge in [-0.2, -0.15) is 5.10 Å². The van der Waals surface area contributed by atoms with Gasteiger partial charge in [0.05, 0.1) is 22.3 Å². The number of hydrogen-bond donors (Lipinski definition) is 0. The van der Waals surface area contributed by atoms with E-state index in [1.165, 1.54) is 23.0 Å². The van der Waals surface area contributed by atoms with Crippen LogP contribution in [-0.2, 0) is 27.7 Å². The van der Waals surface area contributed by atoms with Crippen molar-refractivity contribution in [2.75, 3.05) is 0 Å². The molecule has 1 aliphatic rings. The number of aromatic nitrogens is 6. The zero-order valence-electron chi connectivity index (χ0n) is 16.0. The molecule has 0 atom stereocenters. The molecule has 10 heteroatoms. The van der Waals surface area contributed by atoms with E-state index >= 15 is 0 Å². The Kier molecular flexibility index (Phi) is 3.94. The summed E-state index contributed by atoms with van der Waals surface area (Å²) in [5, 5.41) is 7.99. The van der Waals surface area contributed by atoms with E-state index in [-0.39, 0.29) is 11.2 Å². The summed E-state index contributed by atoms with van der Waals surface area (Å²) in [7, 11) is 5.02. The van der Waals surface area contributed by atoms with Crippen LogP contribution in [0.3, 0.4) is 0 Å². The number of thiazole rings is 1. The van der Waals surface area contributed by atoms with Gasteiger partial charge >= 0.3 is 5.69 Å². The van der Waals surface area contributed by atoms with Crippen molar-refractivity contribution in [2.24, 2.45) is 21.1 Å². The van der Waals surface area contributed by atoms with Gasteiger partial charge in [0.15, 0.2) is 0 Å². The van der Waals surface area contributed by atoms with Crippen molar-refractivity contribution < 1.29 is 0 Å². The monoisotopic (exact) mass is 428 g/mol. The van der Waals surface area contributed by atoms with E-state index in [0.29, 0.717) is 28.3 Å². The van der Waals surface area contributed by atoms with Gasteiger partial charge in [-0.05, 0) is 12.5 Å². The van der Waals surface area contributed by atoms with Gasteiger partial charge in [-0.25, -0.2) is 9.78 Å². The standard InChI is InChI=1S/C19H17ClN6O2S/c1-23-8-6-11(22-23)15-13-16(24(2)19(28)25(3)18(13)27)14-10(5-4-7-26(14)15)17-21-12(20)9-29-17/h5-6,8-9H,4,7H2,1-3H3. The van der Waals surface area contributed by atoms with Gasteiger partial charge in [-0.3, -0.25) is 18.6 Å². The molecule has 5 rings (SSSR count). The number of nitrogens with zero attached hydrogens (tertiary/aromatic N) is 6. The molecule has 1 aliphatic heterocycles. The van der Waals surface area contributed by atoms with Crippen LogP contribution in [0.25, 0.3) is 27.9 Å². The first-order chi connectivity index (χ1) is 13.9. The predicted octanol–water partition coefficient (Wildman–Crippen LogP) is 2.38. The molecule has 4 aromatic heterocycles. The zero-order valence-corrected chi connectivity index (χ0v) is 17.6. The molecule has 0 amide bonds. The number of rotatable bonds is 2. The highest BCUT2D eigenvalue weighted by Crippen LogP contribution is 2.40. The third-order valence-electron chi connectivity index (χ3n) is 5.28. The second-order valence-corrected chi connectivity index (χ2v) is 8.28. The second kappa shape index (κ2) is 6.30. The van der Waals surface area contributed by atoms with Gasteiger partial charge in [0, 0.05) is 44.8 Å². The molecule has 5 heterocycles. The highest BCUT2D eigenvalue weighted by molar-refractivity contribution is 7.11. The van der Waals surface area contributed by atoms with Gasteiger partial charge < -0.3 is 4.57 Å². The maximum atomic E-state index is 13.2.